The quantitative estimate of drug-likeness (QED) is 0.342. The van der Waals surface area contributed by atoms with E-state index in [1.165, 1.54) is 0 Å². The minimum Gasteiger partial charge on any atom is -0.508 e. The molecule has 4 aromatic rings. The van der Waals surface area contributed by atoms with Crippen LogP contribution < -0.4 is 9.47 Å². The molecule has 140 valence electrons. The molecule has 0 fully saturated rings. The van der Waals surface area contributed by atoms with Gasteiger partial charge in [-0.1, -0.05) is 28.1 Å². The minimum absolute atomic E-state index is 0.0204. The monoisotopic (exact) mass is 454 g/mol. The molecule has 1 N–H and O–H groups in total. The number of aromatic hydroxyl groups is 1. The maximum Gasteiger partial charge on any atom is 0.157 e. The van der Waals surface area contributed by atoms with E-state index in [1.54, 1.807) is 47.7 Å². The first-order valence-electron chi connectivity index (χ1n) is 8.50. The molecule has 6 heteroatoms. The van der Waals surface area contributed by atoms with E-state index in [-0.39, 0.29) is 12.4 Å². The van der Waals surface area contributed by atoms with Crippen LogP contribution >= 0.6 is 27.3 Å². The summed E-state index contributed by atoms with van der Waals surface area (Å²) in [4.78, 5) is 11.4. The summed E-state index contributed by atoms with van der Waals surface area (Å²) in [5, 5.41) is 10.8. The van der Waals surface area contributed by atoms with Gasteiger partial charge in [0.1, 0.15) is 23.9 Å². The second-order valence-corrected chi connectivity index (χ2v) is 7.97. The highest BCUT2D eigenvalue weighted by Crippen LogP contribution is 2.47. The predicted octanol–water partition coefficient (Wildman–Crippen LogP) is 6.41. The first-order chi connectivity index (χ1) is 13.6. The maximum atomic E-state index is 10.4. The van der Waals surface area contributed by atoms with Crippen LogP contribution in [0.15, 0.2) is 71.2 Å². The lowest BCUT2D eigenvalue weighted by molar-refractivity contribution is -0.109. The summed E-state index contributed by atoms with van der Waals surface area (Å²) in [5.41, 5.74) is 1.03. The Kier molecular flexibility index (Phi) is 5.32. The van der Waals surface area contributed by atoms with Crippen molar-refractivity contribution < 1.29 is 19.4 Å². The minimum atomic E-state index is 0.0204. The van der Waals surface area contributed by atoms with Crippen LogP contribution in [0.5, 0.6) is 23.0 Å². The molecular weight excluding hydrogens is 440 g/mol. The predicted molar refractivity (Wildman–Crippen MR) is 115 cm³/mol. The van der Waals surface area contributed by atoms with E-state index in [1.807, 2.05) is 30.3 Å². The lowest BCUT2D eigenvalue weighted by atomic mass is 10.1. The molecule has 0 unspecified atom stereocenters. The number of hydrogen-bond donors (Lipinski definition) is 1. The van der Waals surface area contributed by atoms with E-state index >= 15 is 0 Å². The maximum absolute atomic E-state index is 10.4. The molecule has 1 aromatic heterocycles. The molecule has 0 aliphatic rings. The molecule has 0 aliphatic carbocycles. The topological polar surface area (TPSA) is 55.8 Å². The number of phenols is 1. The Morgan fingerprint density at radius 2 is 1.68 bits per heavy atom. The Labute approximate surface area is 174 Å². The molecule has 0 aliphatic heterocycles. The summed E-state index contributed by atoms with van der Waals surface area (Å²) in [6.07, 6.45) is 0.710. The third kappa shape index (κ3) is 3.88. The van der Waals surface area contributed by atoms with E-state index < -0.39 is 0 Å². The molecule has 0 saturated heterocycles. The van der Waals surface area contributed by atoms with Crippen molar-refractivity contribution in [1.29, 1.82) is 0 Å². The lowest BCUT2D eigenvalue weighted by Crippen LogP contribution is -1.97. The Hall–Kier alpha value is -2.83. The van der Waals surface area contributed by atoms with E-state index in [9.17, 15) is 9.90 Å². The zero-order valence-electron chi connectivity index (χ0n) is 14.6. The van der Waals surface area contributed by atoms with Gasteiger partial charge in [0.05, 0.1) is 4.88 Å². The normalized spacial score (nSPS) is 10.8. The summed E-state index contributed by atoms with van der Waals surface area (Å²) in [5.74, 6) is 2.22. The van der Waals surface area contributed by atoms with Crippen LogP contribution in [-0.4, -0.2) is 18.0 Å². The van der Waals surface area contributed by atoms with Crippen molar-refractivity contribution in [2.24, 2.45) is 0 Å². The fourth-order valence-electron chi connectivity index (χ4n) is 2.81. The van der Waals surface area contributed by atoms with Crippen molar-refractivity contribution in [1.82, 2.24) is 0 Å². The third-order valence-corrected chi connectivity index (χ3v) is 5.81. The number of rotatable bonds is 6. The molecule has 4 rings (SSSR count). The molecule has 1 heterocycles. The van der Waals surface area contributed by atoms with E-state index in [0.29, 0.717) is 17.8 Å². The van der Waals surface area contributed by atoms with Crippen LogP contribution in [0.3, 0.4) is 0 Å². The average molecular weight is 455 g/mol. The summed E-state index contributed by atoms with van der Waals surface area (Å²) in [6, 6.07) is 20.4. The van der Waals surface area contributed by atoms with Crippen LogP contribution in [0.1, 0.15) is 0 Å². The van der Waals surface area contributed by atoms with Gasteiger partial charge < -0.3 is 14.6 Å². The van der Waals surface area contributed by atoms with Crippen molar-refractivity contribution in [2.45, 2.75) is 0 Å². The highest BCUT2D eigenvalue weighted by Gasteiger charge is 2.17. The first kappa shape index (κ1) is 18.5. The number of phenolic OH excluding ortho intramolecular Hbond substituents is 1. The number of ether oxygens (including phenoxy) is 2. The van der Waals surface area contributed by atoms with Gasteiger partial charge in [-0.15, -0.1) is 11.3 Å². The molecule has 0 amide bonds. The van der Waals surface area contributed by atoms with Gasteiger partial charge >= 0.3 is 0 Å². The smallest absolute Gasteiger partial charge is 0.157 e. The van der Waals surface area contributed by atoms with Crippen LogP contribution in [0.4, 0.5) is 0 Å². The number of aldehydes is 1. The molecule has 0 bridgehead atoms. The van der Waals surface area contributed by atoms with Crippen molar-refractivity contribution in [3.8, 4) is 33.4 Å². The van der Waals surface area contributed by atoms with Crippen LogP contribution in [0.25, 0.3) is 20.5 Å². The summed E-state index contributed by atoms with van der Waals surface area (Å²) in [6.45, 7) is 0.0204. The number of halogens is 1. The number of carbonyl (C=O) groups is 1. The molecule has 0 spiro atoms. The molecular formula is C22H15BrO4S. The van der Waals surface area contributed by atoms with Crippen molar-refractivity contribution in [3.05, 3.63) is 71.2 Å². The Morgan fingerprint density at radius 3 is 2.39 bits per heavy atom. The number of thiophene rings is 1. The summed E-state index contributed by atoms with van der Waals surface area (Å²) >= 11 is 5.03. The van der Waals surface area contributed by atoms with Crippen molar-refractivity contribution in [2.75, 3.05) is 6.61 Å². The largest absolute Gasteiger partial charge is 0.508 e. The fourth-order valence-corrected chi connectivity index (χ4v) is 4.24. The average Bonchev–Trinajstić information content (AvgIpc) is 3.05. The molecule has 0 atom stereocenters. The Bertz CT molecular complexity index is 1120. The highest BCUT2D eigenvalue weighted by molar-refractivity contribution is 9.10. The molecule has 3 aromatic carbocycles. The van der Waals surface area contributed by atoms with Gasteiger partial charge in [-0.3, -0.25) is 4.79 Å². The van der Waals surface area contributed by atoms with Crippen molar-refractivity contribution in [3.63, 3.8) is 0 Å². The fraction of sp³-hybridized carbons (Fsp3) is 0.0455. The van der Waals surface area contributed by atoms with E-state index in [0.717, 1.165) is 30.7 Å². The standard InChI is InChI=1S/C22H15BrO4S/c23-15-3-1-14(2-4-15)22-21(19-10-5-16(25)13-20(19)28-22)27-18-8-6-17(7-9-18)26-12-11-24/h1-11,13,25H,12H2. The van der Waals surface area contributed by atoms with Crippen LogP contribution in [-0.2, 0) is 4.79 Å². The number of benzene rings is 3. The van der Waals surface area contributed by atoms with Gasteiger partial charge in [-0.2, -0.15) is 0 Å². The van der Waals surface area contributed by atoms with Crippen LogP contribution in [0, 0.1) is 0 Å². The zero-order valence-corrected chi connectivity index (χ0v) is 17.0. The van der Waals surface area contributed by atoms with Gasteiger partial charge in [0.15, 0.2) is 12.0 Å². The Balaban J connectivity index is 1.75. The second kappa shape index (κ2) is 8.04. The molecule has 0 saturated carbocycles. The SMILES string of the molecule is O=CCOc1ccc(Oc2c(-c3ccc(Br)cc3)sc3cc(O)ccc23)cc1. The summed E-state index contributed by atoms with van der Waals surface area (Å²) < 4.78 is 13.5. The van der Waals surface area contributed by atoms with Crippen LogP contribution in [0.2, 0.25) is 0 Å². The number of carbonyl (C=O) groups excluding carboxylic acids is 1. The molecule has 28 heavy (non-hydrogen) atoms. The highest BCUT2D eigenvalue weighted by atomic mass is 79.9. The molecule has 4 nitrogen and oxygen atoms in total. The number of fused-ring (bicyclic) bond motifs is 1. The van der Waals surface area contributed by atoms with Gasteiger partial charge in [0, 0.05) is 14.6 Å². The second-order valence-electron chi connectivity index (χ2n) is 6.00. The van der Waals surface area contributed by atoms with Gasteiger partial charge in [0.25, 0.3) is 0 Å². The van der Waals surface area contributed by atoms with Crippen molar-refractivity contribution >= 4 is 43.6 Å². The zero-order chi connectivity index (χ0) is 19.5. The lowest BCUT2D eigenvalue weighted by Gasteiger charge is -2.09. The Morgan fingerprint density at radius 1 is 0.964 bits per heavy atom. The van der Waals surface area contributed by atoms with Gasteiger partial charge in [0.2, 0.25) is 0 Å². The van der Waals surface area contributed by atoms with E-state index in [4.69, 9.17) is 9.47 Å². The first-order valence-corrected chi connectivity index (χ1v) is 10.1. The van der Waals surface area contributed by atoms with E-state index in [2.05, 4.69) is 15.9 Å². The van der Waals surface area contributed by atoms with Gasteiger partial charge in [-0.25, -0.2) is 0 Å². The number of hydrogen-bond acceptors (Lipinski definition) is 5. The van der Waals surface area contributed by atoms with Gasteiger partial charge in [-0.05, 0) is 60.2 Å². The molecule has 0 radical (unpaired) electrons. The third-order valence-electron chi connectivity index (χ3n) is 4.10. The summed E-state index contributed by atoms with van der Waals surface area (Å²) in [7, 11) is 0.